The van der Waals surface area contributed by atoms with Gasteiger partial charge in [0.25, 0.3) is 0 Å². The first-order chi connectivity index (χ1) is 13.3. The van der Waals surface area contributed by atoms with E-state index in [4.69, 9.17) is 0 Å². The molecule has 0 amide bonds. The van der Waals surface area contributed by atoms with E-state index in [1.807, 2.05) is 11.3 Å². The van der Waals surface area contributed by atoms with Crippen molar-refractivity contribution in [1.82, 2.24) is 0 Å². The zero-order valence-corrected chi connectivity index (χ0v) is 21.6. The Hall–Kier alpha value is -0.697. The van der Waals surface area contributed by atoms with Gasteiger partial charge in [-0.05, 0) is 0 Å². The molecule has 0 spiro atoms. The Balaban J connectivity index is 0.00000102. The molecule has 1 aromatic heterocycles. The van der Waals surface area contributed by atoms with Gasteiger partial charge in [-0.2, -0.15) is 0 Å². The maximum atomic E-state index is 3.91. The maximum absolute atomic E-state index is 3.91. The largest absolute Gasteiger partial charge is 1.00 e. The molecule has 0 fully saturated rings. The van der Waals surface area contributed by atoms with E-state index in [2.05, 4.69) is 94.8 Å². The first-order valence-electron chi connectivity index (χ1n) is 9.12. The second-order valence-electron chi connectivity index (χ2n) is 7.21. The van der Waals surface area contributed by atoms with Crippen molar-refractivity contribution in [2.45, 2.75) is 7.25 Å². The van der Waals surface area contributed by atoms with Crippen LogP contribution in [0.2, 0.25) is 0 Å². The third kappa shape index (κ3) is 3.64. The number of fused-ring (bicyclic) bond motifs is 6. The van der Waals surface area contributed by atoms with Crippen LogP contribution in [0.4, 0.5) is 0 Å². The summed E-state index contributed by atoms with van der Waals surface area (Å²) >= 11 is 4.96. The van der Waals surface area contributed by atoms with E-state index in [0.717, 1.165) is 0 Å². The molecule has 3 aromatic carbocycles. The molecule has 2 unspecified atom stereocenters. The third-order valence-corrected chi connectivity index (χ3v) is 13.0. The van der Waals surface area contributed by atoms with Gasteiger partial charge in [0.1, 0.15) is 0 Å². The quantitative estimate of drug-likeness (QED) is 0.340. The molecule has 5 heteroatoms. The smallest absolute Gasteiger partial charge is 1.00 e. The van der Waals surface area contributed by atoms with E-state index in [1.165, 1.54) is 35.8 Å². The van der Waals surface area contributed by atoms with E-state index in [0.29, 0.717) is 7.25 Å². The predicted molar refractivity (Wildman–Crippen MR) is 116 cm³/mol. The number of halogens is 3. The van der Waals surface area contributed by atoms with Gasteiger partial charge < -0.3 is 24.8 Å². The molecular formula is C24H15BrCl2SZr. The standard InChI is InChI=1S/C15H9S.C9H6Br.2ClH.Zr/c1-2-10-8-14(3-1)16-15-5-4-11-6-12(10)7-13(11)9-15;10-9-5-7-3-1-2-4-8(7)6-9;;;/h1-9H;1-6H;2*1H;/q;;;;+2/p-2. The zero-order chi connectivity index (χ0) is 18.0. The summed E-state index contributed by atoms with van der Waals surface area (Å²) in [6.45, 7) is 0. The molecule has 2 aliphatic carbocycles. The van der Waals surface area contributed by atoms with Gasteiger partial charge in [0.2, 0.25) is 0 Å². The summed E-state index contributed by atoms with van der Waals surface area (Å²) in [5.41, 5.74) is 6.02. The summed E-state index contributed by atoms with van der Waals surface area (Å²) in [5.74, 6) is 0. The van der Waals surface area contributed by atoms with Crippen LogP contribution in [0.25, 0.3) is 26.2 Å². The van der Waals surface area contributed by atoms with Gasteiger partial charge >= 0.3 is 184 Å². The molecule has 2 atom stereocenters. The van der Waals surface area contributed by atoms with Crippen molar-refractivity contribution in [1.29, 1.82) is 0 Å². The van der Waals surface area contributed by atoms with Crippen molar-refractivity contribution < 1.29 is 48.0 Å². The molecule has 29 heavy (non-hydrogen) atoms. The third-order valence-electron chi connectivity index (χ3n) is 5.60. The Morgan fingerprint density at radius 3 is 2.38 bits per heavy atom. The molecule has 2 aliphatic rings. The Labute approximate surface area is 206 Å². The van der Waals surface area contributed by atoms with Crippen LogP contribution in [-0.2, 0) is 23.2 Å². The summed E-state index contributed by atoms with van der Waals surface area (Å²) in [6.07, 6.45) is 2.34. The average Bonchev–Trinajstić information content (AvgIpc) is 3.20. The summed E-state index contributed by atoms with van der Waals surface area (Å²) in [5, 5.41) is 2.85. The van der Waals surface area contributed by atoms with Gasteiger partial charge in [-0.15, -0.1) is 0 Å². The SMILES string of the molecule is BrC1=Cc2ccccc2[CH]1[Zr+2][CH]1c2cc3cc(ccc31)sc1cccc2c1.[Cl-].[Cl-]. The zero-order valence-electron chi connectivity index (χ0n) is 15.2. The summed E-state index contributed by atoms with van der Waals surface area (Å²) < 4.78 is 5.28. The fourth-order valence-electron chi connectivity index (χ4n) is 4.35. The van der Waals surface area contributed by atoms with Crippen molar-refractivity contribution in [3.05, 3.63) is 99.5 Å². The van der Waals surface area contributed by atoms with E-state index < -0.39 is 23.2 Å². The van der Waals surface area contributed by atoms with Gasteiger partial charge in [-0.25, -0.2) is 0 Å². The molecule has 0 saturated heterocycles. The van der Waals surface area contributed by atoms with Crippen LogP contribution in [0.5, 0.6) is 0 Å². The first kappa shape index (κ1) is 21.5. The van der Waals surface area contributed by atoms with E-state index in [1.54, 1.807) is 11.1 Å². The second-order valence-corrected chi connectivity index (χ2v) is 12.9. The van der Waals surface area contributed by atoms with Gasteiger partial charge in [0.05, 0.1) is 0 Å². The fraction of sp³-hybridized carbons (Fsp3) is 0.0833. The molecule has 0 saturated carbocycles. The van der Waals surface area contributed by atoms with Crippen LogP contribution in [0.3, 0.4) is 0 Å². The van der Waals surface area contributed by atoms with Crippen molar-refractivity contribution in [3.63, 3.8) is 0 Å². The van der Waals surface area contributed by atoms with Crippen molar-refractivity contribution in [2.24, 2.45) is 0 Å². The first-order valence-corrected chi connectivity index (χ1v) is 13.6. The number of hydrogen-bond acceptors (Lipinski definition) is 1. The van der Waals surface area contributed by atoms with Crippen LogP contribution in [-0.4, -0.2) is 0 Å². The fourth-order valence-corrected chi connectivity index (χ4v) is 11.2. The number of benzene rings is 3. The number of rotatable bonds is 2. The molecule has 0 nitrogen and oxygen atoms in total. The average molecular weight is 577 g/mol. The minimum atomic E-state index is -0.828. The molecule has 0 N–H and O–H groups in total. The summed E-state index contributed by atoms with van der Waals surface area (Å²) in [6, 6.07) is 27.6. The van der Waals surface area contributed by atoms with E-state index in [-0.39, 0.29) is 24.8 Å². The Morgan fingerprint density at radius 1 is 0.690 bits per heavy atom. The molecule has 0 aliphatic heterocycles. The molecule has 0 radical (unpaired) electrons. The second kappa shape index (κ2) is 8.44. The van der Waals surface area contributed by atoms with Crippen LogP contribution in [0.1, 0.15) is 29.5 Å². The topological polar surface area (TPSA) is 0 Å². The summed E-state index contributed by atoms with van der Waals surface area (Å²) in [7, 11) is 0. The van der Waals surface area contributed by atoms with Crippen LogP contribution in [0, 0.1) is 0 Å². The van der Waals surface area contributed by atoms with Crippen LogP contribution < -0.4 is 24.8 Å². The monoisotopic (exact) mass is 574 g/mol. The van der Waals surface area contributed by atoms with Crippen LogP contribution >= 0.6 is 27.3 Å². The molecule has 142 valence electrons. The Morgan fingerprint density at radius 2 is 1.48 bits per heavy atom. The normalized spacial score (nSPS) is 18.0. The van der Waals surface area contributed by atoms with Crippen LogP contribution in [0.15, 0.2) is 77.3 Å². The molecule has 4 aromatic rings. The number of allylic oxidation sites excluding steroid dienone is 1. The van der Waals surface area contributed by atoms with Crippen molar-refractivity contribution >= 4 is 53.5 Å². The summed E-state index contributed by atoms with van der Waals surface area (Å²) in [4.78, 5) is 0. The minimum Gasteiger partial charge on any atom is -1.00 e. The molecule has 5 bridgehead atoms. The van der Waals surface area contributed by atoms with Gasteiger partial charge in [0, 0.05) is 0 Å². The Kier molecular flexibility index (Phi) is 6.27. The van der Waals surface area contributed by atoms with Gasteiger partial charge in [0.15, 0.2) is 0 Å². The Bertz CT molecular complexity index is 1280. The van der Waals surface area contributed by atoms with Gasteiger partial charge in [-0.3, -0.25) is 0 Å². The molecule has 6 rings (SSSR count). The maximum Gasteiger partial charge on any atom is -1.00 e. The van der Waals surface area contributed by atoms with E-state index >= 15 is 0 Å². The van der Waals surface area contributed by atoms with Crippen molar-refractivity contribution in [3.8, 4) is 0 Å². The van der Waals surface area contributed by atoms with Crippen molar-refractivity contribution in [2.75, 3.05) is 0 Å². The molecule has 1 heterocycles. The predicted octanol–water partition coefficient (Wildman–Crippen LogP) is 1.60. The van der Waals surface area contributed by atoms with Gasteiger partial charge in [-0.1, -0.05) is 0 Å². The number of hydrogen-bond donors (Lipinski definition) is 0. The molecular weight excluding hydrogens is 562 g/mol. The minimum absolute atomic E-state index is 0. The van der Waals surface area contributed by atoms with E-state index in [9.17, 15) is 0 Å².